The zero-order valence-corrected chi connectivity index (χ0v) is 24.2. The summed E-state index contributed by atoms with van der Waals surface area (Å²) >= 11 is 0. The number of hydrogen-bond donors (Lipinski definition) is 4. The van der Waals surface area contributed by atoms with E-state index >= 15 is 0 Å². The van der Waals surface area contributed by atoms with Gasteiger partial charge in [-0.3, -0.25) is 9.59 Å². The van der Waals surface area contributed by atoms with Crippen molar-refractivity contribution in [2.45, 2.75) is 98.9 Å². The Morgan fingerprint density at radius 3 is 1.20 bits per heavy atom. The molecule has 2 fully saturated rings. The van der Waals surface area contributed by atoms with Gasteiger partial charge in [0, 0.05) is 36.3 Å². The first kappa shape index (κ1) is 30.2. The maximum Gasteiger partial charge on any atom is 0.240 e. The average Bonchev–Trinajstić information content (AvgIpc) is 2.93. The van der Waals surface area contributed by atoms with Gasteiger partial charge in [-0.05, 0) is 74.2 Å². The van der Waals surface area contributed by atoms with Crippen molar-refractivity contribution < 1.29 is 26.4 Å². The number of benzene rings is 2. The zero-order valence-electron chi connectivity index (χ0n) is 22.5. The minimum atomic E-state index is -3.63. The maximum absolute atomic E-state index is 12.6. The lowest BCUT2D eigenvalue weighted by Crippen LogP contribution is -2.36. The fourth-order valence-corrected chi connectivity index (χ4v) is 7.73. The van der Waals surface area contributed by atoms with Gasteiger partial charge in [0.2, 0.25) is 31.9 Å². The van der Waals surface area contributed by atoms with E-state index in [1.807, 2.05) is 0 Å². The molecule has 0 aromatic heterocycles. The van der Waals surface area contributed by atoms with E-state index < -0.39 is 20.0 Å². The molecule has 0 heterocycles. The van der Waals surface area contributed by atoms with Gasteiger partial charge < -0.3 is 10.6 Å². The molecule has 2 aliphatic carbocycles. The molecular formula is C28H38N4O6S2. The van der Waals surface area contributed by atoms with Crippen molar-refractivity contribution in [2.24, 2.45) is 0 Å². The highest BCUT2D eigenvalue weighted by Gasteiger charge is 2.23. The van der Waals surface area contributed by atoms with E-state index in [-0.39, 0.29) is 46.5 Å². The predicted octanol–water partition coefficient (Wildman–Crippen LogP) is 4.27. The number of amides is 2. The molecule has 4 rings (SSSR count). The molecule has 2 amide bonds. The first-order valence-electron chi connectivity index (χ1n) is 14.0. The van der Waals surface area contributed by atoms with Crippen LogP contribution in [0.25, 0.3) is 0 Å². The van der Waals surface area contributed by atoms with Gasteiger partial charge in [0.1, 0.15) is 0 Å². The van der Waals surface area contributed by atoms with E-state index in [2.05, 4.69) is 20.1 Å². The quantitative estimate of drug-likeness (QED) is 0.307. The lowest BCUT2D eigenvalue weighted by Gasteiger charge is -2.22. The molecule has 40 heavy (non-hydrogen) atoms. The second-order valence-corrected chi connectivity index (χ2v) is 14.0. The van der Waals surface area contributed by atoms with Crippen molar-refractivity contribution in [3.05, 3.63) is 48.5 Å². The van der Waals surface area contributed by atoms with Crippen LogP contribution in [0.15, 0.2) is 58.3 Å². The molecule has 12 heteroatoms. The van der Waals surface area contributed by atoms with Crippen molar-refractivity contribution in [3.63, 3.8) is 0 Å². The van der Waals surface area contributed by atoms with Crippen molar-refractivity contribution in [3.8, 4) is 0 Å². The van der Waals surface area contributed by atoms with Crippen LogP contribution in [0, 0.1) is 0 Å². The molecule has 0 aliphatic heterocycles. The highest BCUT2D eigenvalue weighted by molar-refractivity contribution is 7.89. The Morgan fingerprint density at radius 1 is 0.550 bits per heavy atom. The molecule has 0 radical (unpaired) electrons. The molecule has 4 N–H and O–H groups in total. The highest BCUT2D eigenvalue weighted by Crippen LogP contribution is 2.22. The molecule has 2 aromatic rings. The van der Waals surface area contributed by atoms with E-state index in [0.717, 1.165) is 64.2 Å². The topological polar surface area (TPSA) is 151 Å². The van der Waals surface area contributed by atoms with Crippen LogP contribution in [0.3, 0.4) is 0 Å². The SMILES string of the molecule is O=C(CCC(=O)Nc1ccc(S(=O)(=O)NC2CCCCC2)cc1)Nc1ccc(S(=O)(=O)NC2CCCCC2)cc1. The first-order valence-corrected chi connectivity index (χ1v) is 16.9. The summed E-state index contributed by atoms with van der Waals surface area (Å²) in [5.74, 6) is -0.775. The van der Waals surface area contributed by atoms with Gasteiger partial charge in [0.05, 0.1) is 9.79 Å². The van der Waals surface area contributed by atoms with Gasteiger partial charge in [-0.2, -0.15) is 0 Å². The Balaban J connectivity index is 1.21. The Hall–Kier alpha value is -2.80. The lowest BCUT2D eigenvalue weighted by molar-refractivity contribution is -0.121. The molecule has 0 bridgehead atoms. The van der Waals surface area contributed by atoms with E-state index in [4.69, 9.17) is 0 Å². The summed E-state index contributed by atoms with van der Waals surface area (Å²) in [7, 11) is -7.25. The number of hydrogen-bond acceptors (Lipinski definition) is 6. The summed E-state index contributed by atoms with van der Waals surface area (Å²) in [6.07, 6.45) is 9.54. The number of nitrogens with one attached hydrogen (secondary N) is 4. The Kier molecular flexibility index (Phi) is 10.3. The minimum absolute atomic E-state index is 0.0431. The summed E-state index contributed by atoms with van der Waals surface area (Å²) in [5, 5.41) is 5.34. The summed E-state index contributed by atoms with van der Waals surface area (Å²) in [4.78, 5) is 25.0. The molecule has 0 unspecified atom stereocenters. The fourth-order valence-electron chi connectivity index (χ4n) is 5.12. The summed E-state index contributed by atoms with van der Waals surface area (Å²) in [5.41, 5.74) is 0.862. The number of rotatable bonds is 11. The number of sulfonamides is 2. The van der Waals surface area contributed by atoms with E-state index in [9.17, 15) is 26.4 Å². The molecule has 0 atom stereocenters. The van der Waals surface area contributed by atoms with Crippen molar-refractivity contribution >= 4 is 43.2 Å². The van der Waals surface area contributed by atoms with Gasteiger partial charge >= 0.3 is 0 Å². The summed E-state index contributed by atoms with van der Waals surface area (Å²) in [6, 6.07) is 11.8. The molecular weight excluding hydrogens is 552 g/mol. The van der Waals surface area contributed by atoms with E-state index in [1.54, 1.807) is 0 Å². The van der Waals surface area contributed by atoms with E-state index in [0.29, 0.717) is 11.4 Å². The highest BCUT2D eigenvalue weighted by atomic mass is 32.2. The largest absolute Gasteiger partial charge is 0.326 e. The van der Waals surface area contributed by atoms with Crippen LogP contribution in [-0.2, 0) is 29.6 Å². The van der Waals surface area contributed by atoms with E-state index in [1.165, 1.54) is 48.5 Å². The second kappa shape index (κ2) is 13.7. The minimum Gasteiger partial charge on any atom is -0.326 e. The van der Waals surface area contributed by atoms with Crippen molar-refractivity contribution in [2.75, 3.05) is 10.6 Å². The molecule has 218 valence electrons. The van der Waals surface area contributed by atoms with Gasteiger partial charge in [0.25, 0.3) is 0 Å². The molecule has 10 nitrogen and oxygen atoms in total. The summed E-state index contributed by atoms with van der Waals surface area (Å²) < 4.78 is 56.1. The van der Waals surface area contributed by atoms with Gasteiger partial charge in [-0.1, -0.05) is 38.5 Å². The number of carbonyl (C=O) groups is 2. The van der Waals surface area contributed by atoms with Gasteiger partial charge in [-0.15, -0.1) is 0 Å². The summed E-state index contributed by atoms with van der Waals surface area (Å²) in [6.45, 7) is 0. The van der Waals surface area contributed by atoms with Crippen LogP contribution in [0.4, 0.5) is 11.4 Å². The fraction of sp³-hybridized carbons (Fsp3) is 0.500. The smallest absolute Gasteiger partial charge is 0.240 e. The first-order chi connectivity index (χ1) is 19.1. The van der Waals surface area contributed by atoms with Crippen molar-refractivity contribution in [1.29, 1.82) is 0 Å². The van der Waals surface area contributed by atoms with Crippen LogP contribution in [0.1, 0.15) is 77.0 Å². The molecule has 2 aromatic carbocycles. The van der Waals surface area contributed by atoms with Crippen LogP contribution in [0.5, 0.6) is 0 Å². The van der Waals surface area contributed by atoms with Gasteiger partial charge in [0.15, 0.2) is 0 Å². The third kappa shape index (κ3) is 8.85. The number of carbonyl (C=O) groups excluding carboxylic acids is 2. The monoisotopic (exact) mass is 590 g/mol. The van der Waals surface area contributed by atoms with Gasteiger partial charge in [-0.25, -0.2) is 26.3 Å². The third-order valence-electron chi connectivity index (χ3n) is 7.33. The van der Waals surface area contributed by atoms with Crippen LogP contribution in [-0.4, -0.2) is 40.7 Å². The second-order valence-electron chi connectivity index (χ2n) is 10.6. The van der Waals surface area contributed by atoms with Crippen LogP contribution < -0.4 is 20.1 Å². The zero-order chi connectivity index (χ0) is 28.6. The van der Waals surface area contributed by atoms with Crippen LogP contribution in [0.2, 0.25) is 0 Å². The predicted molar refractivity (Wildman–Crippen MR) is 154 cm³/mol. The normalized spacial score (nSPS) is 17.3. The van der Waals surface area contributed by atoms with Crippen molar-refractivity contribution in [1.82, 2.24) is 9.44 Å². The molecule has 0 saturated heterocycles. The number of anilines is 2. The Bertz CT molecular complexity index is 1260. The maximum atomic E-state index is 12.6. The molecule has 2 aliphatic rings. The average molecular weight is 591 g/mol. The standard InChI is InChI=1S/C28H38N4O6S2/c33-27(29-21-11-15-25(16-12-21)39(35,36)31-23-7-3-1-4-8-23)19-20-28(34)30-22-13-17-26(18-14-22)40(37,38)32-24-9-5-2-6-10-24/h11-18,23-24,31-32H,1-10,19-20H2,(H,29,33)(H,30,34). The third-order valence-corrected chi connectivity index (χ3v) is 10.4. The molecule has 2 saturated carbocycles. The van der Waals surface area contributed by atoms with Crippen LogP contribution >= 0.6 is 0 Å². The lowest BCUT2D eigenvalue weighted by atomic mass is 9.96. The Labute approximate surface area is 236 Å². The molecule has 0 spiro atoms. The Morgan fingerprint density at radius 2 is 0.875 bits per heavy atom.